The molecule has 0 spiro atoms. The van der Waals surface area contributed by atoms with Gasteiger partial charge in [0.15, 0.2) is 0 Å². The molecule has 0 saturated heterocycles. The van der Waals surface area contributed by atoms with Gasteiger partial charge in [-0.25, -0.2) is 0 Å². The molecular formula is C9H15Cl. The summed E-state index contributed by atoms with van der Waals surface area (Å²) in [4.78, 5) is 0. The highest BCUT2D eigenvalue weighted by Gasteiger charge is 2.55. The number of halogens is 1. The van der Waals surface area contributed by atoms with Gasteiger partial charge in [0.05, 0.1) is 0 Å². The summed E-state index contributed by atoms with van der Waals surface area (Å²) in [7, 11) is 0. The molecule has 58 valence electrons. The molecule has 1 rings (SSSR count). The van der Waals surface area contributed by atoms with Crippen LogP contribution < -0.4 is 0 Å². The van der Waals surface area contributed by atoms with Crippen molar-refractivity contribution in [3.63, 3.8) is 0 Å². The summed E-state index contributed by atoms with van der Waals surface area (Å²) < 4.78 is 0. The van der Waals surface area contributed by atoms with Crippen LogP contribution in [0.25, 0.3) is 0 Å². The van der Waals surface area contributed by atoms with Crippen LogP contribution in [0.1, 0.15) is 27.7 Å². The molecule has 0 aromatic heterocycles. The molecule has 2 atom stereocenters. The first-order chi connectivity index (χ1) is 4.46. The maximum Gasteiger partial charge on any atom is 0.0461 e. The second-order valence-corrected chi connectivity index (χ2v) is 4.46. The molecule has 10 heavy (non-hydrogen) atoms. The Morgan fingerprint density at radius 1 is 1.40 bits per heavy atom. The van der Waals surface area contributed by atoms with Crippen molar-refractivity contribution in [2.24, 2.45) is 11.3 Å². The van der Waals surface area contributed by atoms with Gasteiger partial charge in [0.1, 0.15) is 0 Å². The minimum absolute atomic E-state index is 0.346. The average molecular weight is 159 g/mol. The van der Waals surface area contributed by atoms with Crippen molar-refractivity contribution in [2.75, 3.05) is 0 Å². The fraction of sp³-hybridized carbons (Fsp3) is 0.778. The summed E-state index contributed by atoms with van der Waals surface area (Å²) in [5.41, 5.74) is 1.72. The third-order valence-corrected chi connectivity index (χ3v) is 3.12. The molecule has 0 heterocycles. The number of allylic oxidation sites excluding steroid dienone is 2. The maximum atomic E-state index is 6.04. The number of hydrogen-bond acceptors (Lipinski definition) is 0. The van der Waals surface area contributed by atoms with Gasteiger partial charge in [-0.15, -0.1) is 11.6 Å². The summed E-state index contributed by atoms with van der Waals surface area (Å²) in [5, 5.41) is 0.363. The lowest BCUT2D eigenvalue weighted by atomic mass is 10.1. The Bertz CT molecular complexity index is 164. The van der Waals surface area contributed by atoms with Gasteiger partial charge in [0.2, 0.25) is 0 Å². The Hall–Kier alpha value is 0.0300. The van der Waals surface area contributed by atoms with E-state index in [4.69, 9.17) is 11.6 Å². The SMILES string of the molecule is CC(C)=CC1C(Cl)C1(C)C. The van der Waals surface area contributed by atoms with Crippen molar-refractivity contribution in [1.82, 2.24) is 0 Å². The zero-order valence-corrected chi connectivity index (χ0v) is 7.87. The van der Waals surface area contributed by atoms with Gasteiger partial charge < -0.3 is 0 Å². The smallest absolute Gasteiger partial charge is 0.0461 e. The van der Waals surface area contributed by atoms with Crippen molar-refractivity contribution in [2.45, 2.75) is 33.1 Å². The van der Waals surface area contributed by atoms with Gasteiger partial charge in [-0.05, 0) is 19.3 Å². The van der Waals surface area contributed by atoms with Gasteiger partial charge in [-0.2, -0.15) is 0 Å². The average Bonchev–Trinajstić information content (AvgIpc) is 2.17. The minimum Gasteiger partial charge on any atom is -0.122 e. The number of rotatable bonds is 1. The summed E-state index contributed by atoms with van der Waals surface area (Å²) in [6, 6.07) is 0. The van der Waals surface area contributed by atoms with Crippen molar-refractivity contribution in [1.29, 1.82) is 0 Å². The highest BCUT2D eigenvalue weighted by molar-refractivity contribution is 6.23. The minimum atomic E-state index is 0.346. The molecule has 1 heteroatoms. The van der Waals surface area contributed by atoms with E-state index in [-0.39, 0.29) is 0 Å². The topological polar surface area (TPSA) is 0 Å². The Balaban J connectivity index is 2.58. The highest BCUT2D eigenvalue weighted by atomic mass is 35.5. The Morgan fingerprint density at radius 3 is 1.90 bits per heavy atom. The molecule has 1 aliphatic carbocycles. The van der Waals surface area contributed by atoms with E-state index in [0.29, 0.717) is 16.7 Å². The van der Waals surface area contributed by atoms with Crippen molar-refractivity contribution in [3.8, 4) is 0 Å². The van der Waals surface area contributed by atoms with E-state index in [1.807, 2.05) is 0 Å². The van der Waals surface area contributed by atoms with Crippen molar-refractivity contribution in [3.05, 3.63) is 11.6 Å². The fourth-order valence-electron chi connectivity index (χ4n) is 1.27. The van der Waals surface area contributed by atoms with Crippen LogP contribution >= 0.6 is 11.6 Å². The zero-order valence-electron chi connectivity index (χ0n) is 7.11. The van der Waals surface area contributed by atoms with E-state index in [9.17, 15) is 0 Å². The molecule has 0 nitrogen and oxygen atoms in total. The van der Waals surface area contributed by atoms with Crippen LogP contribution in [0.3, 0.4) is 0 Å². The quantitative estimate of drug-likeness (QED) is 0.406. The van der Waals surface area contributed by atoms with Crippen LogP contribution in [-0.2, 0) is 0 Å². The van der Waals surface area contributed by atoms with E-state index in [0.717, 1.165) is 0 Å². The van der Waals surface area contributed by atoms with E-state index < -0.39 is 0 Å². The Kier molecular flexibility index (Phi) is 1.84. The molecule has 1 saturated carbocycles. The first-order valence-corrected chi connectivity index (χ1v) is 4.19. The third-order valence-electron chi connectivity index (χ3n) is 2.29. The summed E-state index contributed by atoms with van der Waals surface area (Å²) in [6.45, 7) is 8.68. The molecule has 0 aliphatic heterocycles. The molecule has 0 amide bonds. The van der Waals surface area contributed by atoms with Gasteiger partial charge in [-0.3, -0.25) is 0 Å². The predicted octanol–water partition coefficient (Wildman–Crippen LogP) is 3.22. The largest absolute Gasteiger partial charge is 0.122 e. The fourth-order valence-corrected chi connectivity index (χ4v) is 1.74. The van der Waals surface area contributed by atoms with Crippen molar-refractivity contribution >= 4 is 11.6 Å². The number of hydrogen-bond donors (Lipinski definition) is 0. The lowest BCUT2D eigenvalue weighted by Gasteiger charge is -1.95. The predicted molar refractivity (Wildman–Crippen MR) is 46.3 cm³/mol. The van der Waals surface area contributed by atoms with E-state index in [1.165, 1.54) is 5.57 Å². The maximum absolute atomic E-state index is 6.04. The highest BCUT2D eigenvalue weighted by Crippen LogP contribution is 2.56. The van der Waals surface area contributed by atoms with Gasteiger partial charge in [0, 0.05) is 11.3 Å². The lowest BCUT2D eigenvalue weighted by Crippen LogP contribution is -1.88. The van der Waals surface area contributed by atoms with Crippen LogP contribution in [0, 0.1) is 11.3 Å². The lowest BCUT2D eigenvalue weighted by molar-refractivity contribution is 0.610. The molecule has 2 unspecified atom stereocenters. The molecule has 0 radical (unpaired) electrons. The first-order valence-electron chi connectivity index (χ1n) is 3.75. The zero-order chi connectivity index (χ0) is 7.94. The van der Waals surface area contributed by atoms with Gasteiger partial charge in [0.25, 0.3) is 0 Å². The molecule has 1 aliphatic rings. The molecule has 0 N–H and O–H groups in total. The van der Waals surface area contributed by atoms with Crippen LogP contribution in [0.15, 0.2) is 11.6 Å². The molecule has 0 aromatic rings. The van der Waals surface area contributed by atoms with Crippen LogP contribution in [-0.4, -0.2) is 5.38 Å². The molecular weight excluding hydrogens is 144 g/mol. The van der Waals surface area contributed by atoms with E-state index in [1.54, 1.807) is 0 Å². The van der Waals surface area contributed by atoms with Crippen LogP contribution in [0.2, 0.25) is 0 Å². The Morgan fingerprint density at radius 2 is 1.80 bits per heavy atom. The second-order valence-electron chi connectivity index (χ2n) is 3.99. The summed E-state index contributed by atoms with van der Waals surface area (Å²) in [6.07, 6.45) is 2.28. The monoisotopic (exact) mass is 158 g/mol. The molecule has 0 aromatic carbocycles. The van der Waals surface area contributed by atoms with E-state index >= 15 is 0 Å². The van der Waals surface area contributed by atoms with E-state index in [2.05, 4.69) is 33.8 Å². The van der Waals surface area contributed by atoms with Gasteiger partial charge >= 0.3 is 0 Å². The third kappa shape index (κ3) is 1.22. The van der Waals surface area contributed by atoms with Crippen molar-refractivity contribution < 1.29 is 0 Å². The Labute approximate surface area is 68.3 Å². The first kappa shape index (κ1) is 8.13. The van der Waals surface area contributed by atoms with Crippen LogP contribution in [0.4, 0.5) is 0 Å². The van der Waals surface area contributed by atoms with Gasteiger partial charge in [-0.1, -0.05) is 25.5 Å². The normalized spacial score (nSPS) is 35.3. The molecule has 1 fully saturated rings. The molecule has 0 bridgehead atoms. The number of alkyl halides is 1. The standard InChI is InChI=1S/C9H15Cl/c1-6(2)5-7-8(10)9(7,3)4/h5,7-8H,1-4H3. The summed E-state index contributed by atoms with van der Waals surface area (Å²) >= 11 is 6.04. The second kappa shape index (κ2) is 2.27. The van der Waals surface area contributed by atoms with Crippen LogP contribution in [0.5, 0.6) is 0 Å². The summed E-state index contributed by atoms with van der Waals surface area (Å²) in [5.74, 6) is 0.610.